The SMILES string of the molecule is COc1nc(N)nc(Sc2ccc(F)cc2F)n1. The number of nitrogen functional groups attached to an aromatic ring is 1. The highest BCUT2D eigenvalue weighted by molar-refractivity contribution is 7.99. The van der Waals surface area contributed by atoms with Crippen LogP contribution in [0.5, 0.6) is 6.01 Å². The molecule has 2 N–H and O–H groups in total. The molecule has 0 saturated heterocycles. The van der Waals surface area contributed by atoms with Gasteiger partial charge in [-0.1, -0.05) is 0 Å². The first-order valence-corrected chi connectivity index (χ1v) is 5.58. The van der Waals surface area contributed by atoms with E-state index in [1.165, 1.54) is 13.2 Å². The molecule has 0 atom stereocenters. The number of hydrogen-bond acceptors (Lipinski definition) is 6. The third-order valence-electron chi connectivity index (χ3n) is 1.89. The molecule has 0 aliphatic heterocycles. The van der Waals surface area contributed by atoms with Gasteiger partial charge in [0.15, 0.2) is 0 Å². The van der Waals surface area contributed by atoms with Crippen LogP contribution in [0.4, 0.5) is 14.7 Å². The highest BCUT2D eigenvalue weighted by atomic mass is 32.2. The van der Waals surface area contributed by atoms with Gasteiger partial charge in [0, 0.05) is 6.07 Å². The van der Waals surface area contributed by atoms with Crippen molar-refractivity contribution >= 4 is 17.7 Å². The average Bonchev–Trinajstić information content (AvgIpc) is 2.32. The lowest BCUT2D eigenvalue weighted by molar-refractivity contribution is 0.374. The minimum atomic E-state index is -0.696. The van der Waals surface area contributed by atoms with E-state index < -0.39 is 11.6 Å². The van der Waals surface area contributed by atoms with Gasteiger partial charge in [0.1, 0.15) is 11.6 Å². The zero-order valence-electron chi connectivity index (χ0n) is 9.22. The molecular formula is C10H8F2N4OS. The fraction of sp³-hybridized carbons (Fsp3) is 0.100. The first kappa shape index (κ1) is 12.5. The van der Waals surface area contributed by atoms with Crippen molar-refractivity contribution in [2.75, 3.05) is 12.8 Å². The van der Waals surface area contributed by atoms with Crippen molar-refractivity contribution in [2.24, 2.45) is 0 Å². The van der Waals surface area contributed by atoms with Crippen LogP contribution in [0.1, 0.15) is 0 Å². The van der Waals surface area contributed by atoms with Gasteiger partial charge in [-0.2, -0.15) is 15.0 Å². The van der Waals surface area contributed by atoms with Crippen LogP contribution in [-0.4, -0.2) is 22.1 Å². The van der Waals surface area contributed by atoms with Crippen LogP contribution < -0.4 is 10.5 Å². The maximum atomic E-state index is 13.4. The first-order valence-electron chi connectivity index (χ1n) is 4.77. The summed E-state index contributed by atoms with van der Waals surface area (Å²) in [4.78, 5) is 11.6. The highest BCUT2D eigenvalue weighted by Gasteiger charge is 2.10. The van der Waals surface area contributed by atoms with Crippen molar-refractivity contribution in [3.05, 3.63) is 29.8 Å². The van der Waals surface area contributed by atoms with Crippen molar-refractivity contribution in [1.29, 1.82) is 0 Å². The molecule has 0 fully saturated rings. The molecule has 2 aromatic rings. The number of halogens is 2. The number of aromatic nitrogens is 3. The van der Waals surface area contributed by atoms with Crippen LogP contribution in [0.3, 0.4) is 0 Å². The number of nitrogens with two attached hydrogens (primary N) is 1. The van der Waals surface area contributed by atoms with E-state index >= 15 is 0 Å². The third-order valence-corrected chi connectivity index (χ3v) is 2.81. The normalized spacial score (nSPS) is 10.4. The fourth-order valence-electron chi connectivity index (χ4n) is 1.15. The summed E-state index contributed by atoms with van der Waals surface area (Å²) in [6, 6.07) is 3.26. The molecule has 0 aliphatic carbocycles. The van der Waals surface area contributed by atoms with Crippen LogP contribution in [0.15, 0.2) is 28.3 Å². The minimum absolute atomic E-state index is 0.0347. The molecule has 18 heavy (non-hydrogen) atoms. The van der Waals surface area contributed by atoms with Crippen molar-refractivity contribution in [3.63, 3.8) is 0 Å². The maximum absolute atomic E-state index is 13.4. The lowest BCUT2D eigenvalue weighted by Gasteiger charge is -2.04. The molecule has 0 bridgehead atoms. The van der Waals surface area contributed by atoms with E-state index in [9.17, 15) is 8.78 Å². The predicted molar refractivity (Wildman–Crippen MR) is 61.3 cm³/mol. The van der Waals surface area contributed by atoms with E-state index in [2.05, 4.69) is 15.0 Å². The molecule has 0 aliphatic rings. The molecular weight excluding hydrogens is 262 g/mol. The molecule has 0 spiro atoms. The van der Waals surface area contributed by atoms with Gasteiger partial charge < -0.3 is 10.5 Å². The second kappa shape index (κ2) is 5.13. The lowest BCUT2D eigenvalue weighted by Crippen LogP contribution is -2.02. The van der Waals surface area contributed by atoms with Gasteiger partial charge in [-0.25, -0.2) is 8.78 Å². The van der Waals surface area contributed by atoms with Gasteiger partial charge >= 0.3 is 6.01 Å². The minimum Gasteiger partial charge on any atom is -0.467 e. The summed E-state index contributed by atoms with van der Waals surface area (Å²) < 4.78 is 31.0. The zero-order valence-corrected chi connectivity index (χ0v) is 10.0. The Hall–Kier alpha value is -1.96. The second-order valence-corrected chi connectivity index (χ2v) is 4.15. The Bertz CT molecular complexity index is 582. The number of nitrogens with zero attached hydrogens (tertiary/aromatic N) is 3. The van der Waals surface area contributed by atoms with Crippen LogP contribution in [0.2, 0.25) is 0 Å². The Balaban J connectivity index is 2.30. The van der Waals surface area contributed by atoms with Gasteiger partial charge in [0.05, 0.1) is 12.0 Å². The molecule has 1 aromatic carbocycles. The monoisotopic (exact) mass is 270 g/mol. The van der Waals surface area contributed by atoms with Crippen LogP contribution in [0, 0.1) is 11.6 Å². The van der Waals surface area contributed by atoms with Crippen molar-refractivity contribution < 1.29 is 13.5 Å². The van der Waals surface area contributed by atoms with Gasteiger partial charge in [0.2, 0.25) is 11.1 Å². The lowest BCUT2D eigenvalue weighted by atomic mass is 10.3. The van der Waals surface area contributed by atoms with Gasteiger partial charge in [0.25, 0.3) is 0 Å². The number of methoxy groups -OCH3 is 1. The zero-order chi connectivity index (χ0) is 13.1. The summed E-state index contributed by atoms with van der Waals surface area (Å²) in [5.74, 6) is -1.38. The Morgan fingerprint density at radius 2 is 2.00 bits per heavy atom. The fourth-order valence-corrected chi connectivity index (χ4v) is 1.90. The number of benzene rings is 1. The highest BCUT2D eigenvalue weighted by Crippen LogP contribution is 2.28. The van der Waals surface area contributed by atoms with E-state index in [1.54, 1.807) is 0 Å². The summed E-state index contributed by atoms with van der Waals surface area (Å²) in [7, 11) is 1.38. The number of ether oxygens (including phenoxy) is 1. The van der Waals surface area contributed by atoms with E-state index in [0.29, 0.717) is 0 Å². The standard InChI is InChI=1S/C10H8F2N4OS/c1-17-9-14-8(13)15-10(16-9)18-7-3-2-5(11)4-6(7)12/h2-4H,1H3,(H2,13,14,15,16). The molecule has 0 radical (unpaired) electrons. The smallest absolute Gasteiger partial charge is 0.321 e. The van der Waals surface area contributed by atoms with E-state index in [4.69, 9.17) is 10.5 Å². The molecule has 8 heteroatoms. The van der Waals surface area contributed by atoms with Crippen LogP contribution in [0.25, 0.3) is 0 Å². The number of rotatable bonds is 3. The number of hydrogen-bond donors (Lipinski definition) is 1. The largest absolute Gasteiger partial charge is 0.467 e. The quantitative estimate of drug-likeness (QED) is 0.918. The summed E-state index contributed by atoms with van der Waals surface area (Å²) in [5, 5.41) is 0.171. The molecule has 94 valence electrons. The third kappa shape index (κ3) is 2.83. The summed E-state index contributed by atoms with van der Waals surface area (Å²) in [6.07, 6.45) is 0. The second-order valence-electron chi connectivity index (χ2n) is 3.14. The van der Waals surface area contributed by atoms with E-state index in [1.807, 2.05) is 0 Å². The molecule has 5 nitrogen and oxygen atoms in total. The number of anilines is 1. The molecule has 1 heterocycles. The Labute approximate surface area is 105 Å². The Morgan fingerprint density at radius 3 is 2.67 bits per heavy atom. The van der Waals surface area contributed by atoms with Gasteiger partial charge in [-0.05, 0) is 23.9 Å². The van der Waals surface area contributed by atoms with Crippen LogP contribution >= 0.6 is 11.8 Å². The molecule has 0 amide bonds. The van der Waals surface area contributed by atoms with Gasteiger partial charge in [-0.3, -0.25) is 0 Å². The van der Waals surface area contributed by atoms with Crippen molar-refractivity contribution in [1.82, 2.24) is 15.0 Å². The van der Waals surface area contributed by atoms with Gasteiger partial charge in [-0.15, -0.1) is 0 Å². The molecule has 0 saturated carbocycles. The maximum Gasteiger partial charge on any atom is 0.321 e. The van der Waals surface area contributed by atoms with Crippen LogP contribution in [-0.2, 0) is 0 Å². The summed E-state index contributed by atoms with van der Waals surface area (Å²) in [5.41, 5.74) is 5.44. The summed E-state index contributed by atoms with van der Waals surface area (Å²) in [6.45, 7) is 0. The first-order chi connectivity index (χ1) is 8.58. The predicted octanol–water partition coefficient (Wildman–Crippen LogP) is 1.89. The molecule has 1 aromatic heterocycles. The molecule has 0 unspecified atom stereocenters. The average molecular weight is 270 g/mol. The topological polar surface area (TPSA) is 73.9 Å². The van der Waals surface area contributed by atoms with E-state index in [0.717, 1.165) is 23.9 Å². The Morgan fingerprint density at radius 1 is 1.22 bits per heavy atom. The van der Waals surface area contributed by atoms with Crippen molar-refractivity contribution in [3.8, 4) is 6.01 Å². The Kier molecular flexibility index (Phi) is 3.56. The molecule has 2 rings (SSSR count). The van der Waals surface area contributed by atoms with E-state index in [-0.39, 0.29) is 22.0 Å². The van der Waals surface area contributed by atoms with Crippen molar-refractivity contribution in [2.45, 2.75) is 10.1 Å². The summed E-state index contributed by atoms with van der Waals surface area (Å²) >= 11 is 0.903.